The highest BCUT2D eigenvalue weighted by Crippen LogP contribution is 2.54. The molecular weight excluding hydrogens is 228 g/mol. The lowest BCUT2D eigenvalue weighted by Gasteiger charge is -2.49. The number of rotatable bonds is 0. The Balaban J connectivity index is 2.26. The summed E-state index contributed by atoms with van der Waals surface area (Å²) < 4.78 is 0. The van der Waals surface area contributed by atoms with Gasteiger partial charge in [0, 0.05) is 0 Å². The van der Waals surface area contributed by atoms with E-state index >= 15 is 0 Å². The van der Waals surface area contributed by atoms with Gasteiger partial charge in [-0.3, -0.25) is 0 Å². The minimum atomic E-state index is 0.605. The van der Waals surface area contributed by atoms with Gasteiger partial charge < -0.3 is 0 Å². The average Bonchev–Trinajstić information content (AvgIpc) is 2.08. The normalized spacial score (nSPS) is 52.7. The van der Waals surface area contributed by atoms with E-state index in [2.05, 4.69) is 41.5 Å². The van der Waals surface area contributed by atoms with Crippen LogP contribution in [-0.4, -0.2) is 0 Å². The van der Waals surface area contributed by atoms with Gasteiger partial charge in [0.15, 0.2) is 0 Å². The maximum atomic E-state index is 2.60. The predicted octanol–water partition coefficient (Wildman–Crippen LogP) is 6.30. The maximum Gasteiger partial charge on any atom is -0.0316 e. The molecule has 0 amide bonds. The molecule has 6 atom stereocenters. The van der Waals surface area contributed by atoms with Crippen molar-refractivity contribution in [3.05, 3.63) is 0 Å². The Hall–Kier alpha value is 0. The van der Waals surface area contributed by atoms with Gasteiger partial charge in [0.1, 0.15) is 0 Å². The fourth-order valence-corrected chi connectivity index (χ4v) is 6.56. The summed E-state index contributed by atoms with van der Waals surface area (Å²) in [5.41, 5.74) is 1.21. The maximum absolute atomic E-state index is 2.60. The third-order valence-electron chi connectivity index (χ3n) is 5.83. The van der Waals surface area contributed by atoms with Crippen LogP contribution in [0.25, 0.3) is 0 Å². The van der Waals surface area contributed by atoms with Crippen molar-refractivity contribution in [1.29, 1.82) is 0 Å². The molecule has 0 spiro atoms. The molecule has 2 aliphatic rings. The molecule has 2 rings (SSSR count). The quantitative estimate of drug-likeness (QED) is 0.481. The second-order valence-corrected chi connectivity index (χ2v) is 9.51. The zero-order valence-electron chi connectivity index (χ0n) is 14.3. The van der Waals surface area contributed by atoms with Crippen LogP contribution in [0.4, 0.5) is 0 Å². The third-order valence-corrected chi connectivity index (χ3v) is 5.83. The lowest BCUT2D eigenvalue weighted by Crippen LogP contribution is -2.38. The first-order chi connectivity index (χ1) is 8.70. The molecule has 0 N–H and O–H groups in total. The summed E-state index contributed by atoms with van der Waals surface area (Å²) >= 11 is 0. The van der Waals surface area contributed by atoms with Gasteiger partial charge in [-0.2, -0.15) is 0 Å². The van der Waals surface area contributed by atoms with E-state index in [-0.39, 0.29) is 0 Å². The standard InChI is InChI=1S/C19H36/c1-14-7-15(2)10-19(6)12-17(4)8-16(3)11-18(5,9-14)13-19/h14-17H,7-13H2,1-6H3/t14-,15+,16?,17?,18?,19?. The topological polar surface area (TPSA) is 0 Å². The summed E-state index contributed by atoms with van der Waals surface area (Å²) in [7, 11) is 0. The largest absolute Gasteiger partial charge is 0.0625 e. The summed E-state index contributed by atoms with van der Waals surface area (Å²) in [5, 5.41) is 0. The SMILES string of the molecule is CC1CC(C)CC2(C)C[C@@H](C)C[C@@H](C)CC(C)(C1)C2. The van der Waals surface area contributed by atoms with Crippen LogP contribution in [0.2, 0.25) is 0 Å². The van der Waals surface area contributed by atoms with Gasteiger partial charge in [0.2, 0.25) is 0 Å². The van der Waals surface area contributed by atoms with Gasteiger partial charge in [0.05, 0.1) is 0 Å². The van der Waals surface area contributed by atoms with Crippen LogP contribution >= 0.6 is 0 Å². The summed E-state index contributed by atoms with van der Waals surface area (Å²) in [5.74, 6) is 3.70. The highest BCUT2D eigenvalue weighted by atomic mass is 14.5. The molecule has 0 aromatic heterocycles. The Kier molecular flexibility index (Phi) is 4.38. The molecule has 0 saturated heterocycles. The van der Waals surface area contributed by atoms with Crippen LogP contribution in [0.15, 0.2) is 0 Å². The highest BCUT2D eigenvalue weighted by molar-refractivity contribution is 4.93. The summed E-state index contributed by atoms with van der Waals surface area (Å²) in [6.45, 7) is 15.2. The first kappa shape index (κ1) is 15.4. The van der Waals surface area contributed by atoms with Gasteiger partial charge >= 0.3 is 0 Å². The van der Waals surface area contributed by atoms with Crippen LogP contribution < -0.4 is 0 Å². The lowest BCUT2D eigenvalue weighted by molar-refractivity contribution is 0.0202. The van der Waals surface area contributed by atoms with Crippen LogP contribution in [0.5, 0.6) is 0 Å². The molecule has 0 radical (unpaired) electrons. The van der Waals surface area contributed by atoms with Crippen molar-refractivity contribution < 1.29 is 0 Å². The Bertz CT molecular complexity index is 253. The van der Waals surface area contributed by atoms with Crippen molar-refractivity contribution in [2.75, 3.05) is 0 Å². The minimum Gasteiger partial charge on any atom is -0.0625 e. The van der Waals surface area contributed by atoms with Crippen molar-refractivity contribution in [2.24, 2.45) is 34.5 Å². The van der Waals surface area contributed by atoms with Crippen molar-refractivity contribution in [3.63, 3.8) is 0 Å². The van der Waals surface area contributed by atoms with E-state index in [0.29, 0.717) is 10.8 Å². The van der Waals surface area contributed by atoms with Gasteiger partial charge in [-0.15, -0.1) is 0 Å². The molecular formula is C19H36. The summed E-state index contributed by atoms with van der Waals surface area (Å²) in [4.78, 5) is 0. The van der Waals surface area contributed by atoms with E-state index in [1.54, 1.807) is 0 Å². The summed E-state index contributed by atoms with van der Waals surface area (Å²) in [6.07, 6.45) is 10.2. The van der Waals surface area contributed by atoms with Crippen molar-refractivity contribution >= 4 is 0 Å². The van der Waals surface area contributed by atoms with Gasteiger partial charge in [-0.05, 0) is 79.4 Å². The van der Waals surface area contributed by atoms with E-state index in [9.17, 15) is 0 Å². The fourth-order valence-electron chi connectivity index (χ4n) is 6.56. The van der Waals surface area contributed by atoms with Crippen molar-refractivity contribution in [1.82, 2.24) is 0 Å². The summed E-state index contributed by atoms with van der Waals surface area (Å²) in [6, 6.07) is 0. The van der Waals surface area contributed by atoms with E-state index < -0.39 is 0 Å². The van der Waals surface area contributed by atoms with Crippen LogP contribution in [0.1, 0.15) is 86.5 Å². The Morgan fingerprint density at radius 1 is 0.579 bits per heavy atom. The van der Waals surface area contributed by atoms with Gasteiger partial charge in [-0.1, -0.05) is 41.5 Å². The second-order valence-electron chi connectivity index (χ2n) is 9.51. The van der Waals surface area contributed by atoms with Crippen LogP contribution in [-0.2, 0) is 0 Å². The van der Waals surface area contributed by atoms with E-state index in [1.807, 2.05) is 0 Å². The zero-order valence-corrected chi connectivity index (χ0v) is 14.3. The molecule has 112 valence electrons. The molecule has 2 bridgehead atoms. The highest BCUT2D eigenvalue weighted by Gasteiger charge is 2.42. The molecule has 0 nitrogen and oxygen atoms in total. The molecule has 2 aliphatic carbocycles. The first-order valence-corrected chi connectivity index (χ1v) is 8.70. The minimum absolute atomic E-state index is 0.605. The van der Waals surface area contributed by atoms with Crippen molar-refractivity contribution in [2.45, 2.75) is 86.5 Å². The predicted molar refractivity (Wildman–Crippen MR) is 85.2 cm³/mol. The molecule has 0 aromatic carbocycles. The molecule has 2 saturated carbocycles. The Morgan fingerprint density at radius 3 is 1.11 bits per heavy atom. The Labute approximate surface area is 121 Å². The third kappa shape index (κ3) is 3.99. The lowest BCUT2D eigenvalue weighted by atomic mass is 9.56. The smallest absolute Gasteiger partial charge is 0.0316 e. The average molecular weight is 264 g/mol. The molecule has 0 aromatic rings. The first-order valence-electron chi connectivity index (χ1n) is 8.70. The van der Waals surface area contributed by atoms with Crippen molar-refractivity contribution in [3.8, 4) is 0 Å². The molecule has 4 unspecified atom stereocenters. The molecule has 0 aliphatic heterocycles. The van der Waals surface area contributed by atoms with Gasteiger partial charge in [-0.25, -0.2) is 0 Å². The number of hydrogen-bond donors (Lipinski definition) is 0. The zero-order chi connectivity index (χ0) is 14.3. The van der Waals surface area contributed by atoms with Crippen LogP contribution in [0, 0.1) is 34.5 Å². The Morgan fingerprint density at radius 2 is 0.842 bits per heavy atom. The molecule has 19 heavy (non-hydrogen) atoms. The molecule has 2 fully saturated rings. The van der Waals surface area contributed by atoms with E-state index in [1.165, 1.54) is 44.9 Å². The molecule has 0 heteroatoms. The van der Waals surface area contributed by atoms with E-state index in [0.717, 1.165) is 23.7 Å². The van der Waals surface area contributed by atoms with Crippen LogP contribution in [0.3, 0.4) is 0 Å². The number of fused-ring (bicyclic) bond motifs is 2. The fraction of sp³-hybridized carbons (Fsp3) is 1.00. The monoisotopic (exact) mass is 264 g/mol. The molecule has 0 heterocycles. The van der Waals surface area contributed by atoms with E-state index in [4.69, 9.17) is 0 Å². The second kappa shape index (κ2) is 5.41. The number of hydrogen-bond acceptors (Lipinski definition) is 0. The van der Waals surface area contributed by atoms with Gasteiger partial charge in [0.25, 0.3) is 0 Å².